The predicted octanol–water partition coefficient (Wildman–Crippen LogP) is 1.28. The maximum atomic E-state index is 5.49. The summed E-state index contributed by atoms with van der Waals surface area (Å²) in [6.07, 6.45) is 3.12. The van der Waals surface area contributed by atoms with Gasteiger partial charge in [-0.2, -0.15) is 0 Å². The number of aryl methyl sites for hydroxylation is 2. The molecule has 0 saturated carbocycles. The van der Waals surface area contributed by atoms with Gasteiger partial charge >= 0.3 is 0 Å². The molecule has 2 heterocycles. The molecule has 0 radical (unpaired) electrons. The van der Waals surface area contributed by atoms with Gasteiger partial charge in [-0.25, -0.2) is 9.97 Å². The molecule has 0 spiro atoms. The first-order valence-corrected chi connectivity index (χ1v) is 4.90. The first-order chi connectivity index (χ1) is 7.66. The first kappa shape index (κ1) is 10.4. The summed E-state index contributed by atoms with van der Waals surface area (Å²) in [5, 5.41) is 6.94. The molecule has 0 saturated heterocycles. The topological polar surface area (TPSA) is 89.9 Å². The second-order valence-electron chi connectivity index (χ2n) is 3.50. The summed E-state index contributed by atoms with van der Waals surface area (Å²) in [7, 11) is 0. The van der Waals surface area contributed by atoms with E-state index >= 15 is 0 Å². The van der Waals surface area contributed by atoms with Crippen molar-refractivity contribution in [3.63, 3.8) is 0 Å². The van der Waals surface area contributed by atoms with Crippen LogP contribution in [0.1, 0.15) is 17.0 Å². The summed E-state index contributed by atoms with van der Waals surface area (Å²) in [5.74, 6) is 1.34. The highest BCUT2D eigenvalue weighted by Gasteiger charge is 2.08. The SMILES string of the molecule is Cc1noc(C)c1CNc1ncc(N)cn1. The third kappa shape index (κ3) is 2.10. The Bertz CT molecular complexity index is 457. The molecule has 2 aromatic heterocycles. The number of nitrogens with one attached hydrogen (secondary N) is 1. The summed E-state index contributed by atoms with van der Waals surface area (Å²) >= 11 is 0. The molecule has 84 valence electrons. The van der Waals surface area contributed by atoms with Crippen LogP contribution in [0.5, 0.6) is 0 Å². The fraction of sp³-hybridized carbons (Fsp3) is 0.300. The minimum absolute atomic E-state index is 0.536. The predicted molar refractivity (Wildman–Crippen MR) is 59.7 cm³/mol. The summed E-state index contributed by atoms with van der Waals surface area (Å²) in [4.78, 5) is 8.08. The Morgan fingerprint density at radius 1 is 1.31 bits per heavy atom. The third-order valence-electron chi connectivity index (χ3n) is 2.28. The second-order valence-corrected chi connectivity index (χ2v) is 3.50. The number of nitrogens with zero attached hydrogens (tertiary/aromatic N) is 3. The molecule has 6 nitrogen and oxygen atoms in total. The maximum Gasteiger partial charge on any atom is 0.222 e. The molecule has 0 aliphatic carbocycles. The van der Waals surface area contributed by atoms with Crippen molar-refractivity contribution in [2.24, 2.45) is 0 Å². The van der Waals surface area contributed by atoms with Crippen molar-refractivity contribution in [2.75, 3.05) is 11.1 Å². The van der Waals surface area contributed by atoms with Crippen LogP contribution in [0, 0.1) is 13.8 Å². The molecule has 2 aromatic rings. The molecule has 6 heteroatoms. The van der Waals surface area contributed by atoms with E-state index in [-0.39, 0.29) is 0 Å². The van der Waals surface area contributed by atoms with E-state index in [0.717, 1.165) is 17.0 Å². The van der Waals surface area contributed by atoms with Crippen LogP contribution < -0.4 is 11.1 Å². The summed E-state index contributed by atoms with van der Waals surface area (Å²) in [5.41, 5.74) is 7.94. The highest BCUT2D eigenvalue weighted by Crippen LogP contribution is 2.13. The number of rotatable bonds is 3. The van der Waals surface area contributed by atoms with Gasteiger partial charge in [0, 0.05) is 12.1 Å². The van der Waals surface area contributed by atoms with Crippen molar-refractivity contribution >= 4 is 11.6 Å². The van der Waals surface area contributed by atoms with Crippen LogP contribution >= 0.6 is 0 Å². The number of nitrogen functional groups attached to an aromatic ring is 1. The summed E-state index contributed by atoms with van der Waals surface area (Å²) < 4.78 is 5.05. The molecule has 0 bridgehead atoms. The molecular formula is C10H13N5O. The van der Waals surface area contributed by atoms with E-state index in [9.17, 15) is 0 Å². The van der Waals surface area contributed by atoms with Gasteiger partial charge in [0.15, 0.2) is 0 Å². The minimum Gasteiger partial charge on any atom is -0.396 e. The van der Waals surface area contributed by atoms with Gasteiger partial charge in [0.25, 0.3) is 0 Å². The lowest BCUT2D eigenvalue weighted by atomic mass is 10.2. The van der Waals surface area contributed by atoms with Gasteiger partial charge < -0.3 is 15.6 Å². The largest absolute Gasteiger partial charge is 0.396 e. The normalized spacial score (nSPS) is 10.4. The van der Waals surface area contributed by atoms with Crippen LogP contribution in [-0.4, -0.2) is 15.1 Å². The average Bonchev–Trinajstić information content (AvgIpc) is 2.59. The highest BCUT2D eigenvalue weighted by molar-refractivity contribution is 5.36. The van der Waals surface area contributed by atoms with Gasteiger partial charge in [-0.05, 0) is 13.8 Å². The lowest BCUT2D eigenvalue weighted by Crippen LogP contribution is -2.05. The Morgan fingerprint density at radius 3 is 2.56 bits per heavy atom. The van der Waals surface area contributed by atoms with Crippen LogP contribution in [0.3, 0.4) is 0 Å². The zero-order valence-electron chi connectivity index (χ0n) is 9.19. The van der Waals surface area contributed by atoms with E-state index in [1.807, 2.05) is 13.8 Å². The Hall–Kier alpha value is -2.11. The smallest absolute Gasteiger partial charge is 0.222 e. The lowest BCUT2D eigenvalue weighted by molar-refractivity contribution is 0.392. The fourth-order valence-electron chi connectivity index (χ4n) is 1.35. The van der Waals surface area contributed by atoms with Crippen molar-refractivity contribution in [3.05, 3.63) is 29.4 Å². The van der Waals surface area contributed by atoms with E-state index in [4.69, 9.17) is 10.3 Å². The number of aromatic nitrogens is 3. The summed E-state index contributed by atoms with van der Waals surface area (Å²) in [6, 6.07) is 0. The standard InChI is InChI=1S/C10H13N5O/c1-6-9(7(2)16-15-6)5-14-10-12-3-8(11)4-13-10/h3-4H,5,11H2,1-2H3,(H,12,13,14). The van der Waals surface area contributed by atoms with Crippen LogP contribution in [-0.2, 0) is 6.54 Å². The maximum absolute atomic E-state index is 5.49. The molecule has 0 aromatic carbocycles. The molecule has 0 fully saturated rings. The van der Waals surface area contributed by atoms with E-state index < -0.39 is 0 Å². The Morgan fingerprint density at radius 2 is 2.00 bits per heavy atom. The quantitative estimate of drug-likeness (QED) is 0.808. The van der Waals surface area contributed by atoms with Crippen LogP contribution in [0.4, 0.5) is 11.6 Å². The Kier molecular flexibility index (Phi) is 2.72. The van der Waals surface area contributed by atoms with E-state index in [0.29, 0.717) is 18.2 Å². The van der Waals surface area contributed by atoms with Gasteiger partial charge in [0.2, 0.25) is 5.95 Å². The number of hydrogen-bond donors (Lipinski definition) is 2. The van der Waals surface area contributed by atoms with Gasteiger partial charge in [0.1, 0.15) is 5.76 Å². The van der Waals surface area contributed by atoms with Gasteiger partial charge in [-0.3, -0.25) is 0 Å². The lowest BCUT2D eigenvalue weighted by Gasteiger charge is -2.03. The molecule has 0 amide bonds. The zero-order valence-corrected chi connectivity index (χ0v) is 9.19. The molecule has 0 aliphatic heterocycles. The van der Waals surface area contributed by atoms with Crippen molar-refractivity contribution in [1.82, 2.24) is 15.1 Å². The third-order valence-corrected chi connectivity index (χ3v) is 2.28. The Balaban J connectivity index is 2.05. The molecule has 16 heavy (non-hydrogen) atoms. The molecule has 3 N–H and O–H groups in total. The van der Waals surface area contributed by atoms with Crippen LogP contribution in [0.15, 0.2) is 16.9 Å². The second kappa shape index (κ2) is 4.18. The van der Waals surface area contributed by atoms with Crippen molar-refractivity contribution < 1.29 is 4.52 Å². The average molecular weight is 219 g/mol. The Labute approximate surface area is 92.9 Å². The summed E-state index contributed by atoms with van der Waals surface area (Å²) in [6.45, 7) is 4.36. The van der Waals surface area contributed by atoms with E-state index in [1.165, 1.54) is 0 Å². The van der Waals surface area contributed by atoms with Crippen molar-refractivity contribution in [2.45, 2.75) is 20.4 Å². The molecule has 0 atom stereocenters. The van der Waals surface area contributed by atoms with E-state index in [2.05, 4.69) is 20.4 Å². The number of anilines is 2. The van der Waals surface area contributed by atoms with Crippen molar-refractivity contribution in [3.8, 4) is 0 Å². The van der Waals surface area contributed by atoms with Crippen LogP contribution in [0.2, 0.25) is 0 Å². The molecule has 2 rings (SSSR count). The van der Waals surface area contributed by atoms with Crippen LogP contribution in [0.25, 0.3) is 0 Å². The first-order valence-electron chi connectivity index (χ1n) is 4.90. The van der Waals surface area contributed by atoms with E-state index in [1.54, 1.807) is 12.4 Å². The minimum atomic E-state index is 0.536. The van der Waals surface area contributed by atoms with Crippen molar-refractivity contribution in [1.29, 1.82) is 0 Å². The number of hydrogen-bond acceptors (Lipinski definition) is 6. The fourth-order valence-corrected chi connectivity index (χ4v) is 1.35. The number of nitrogens with two attached hydrogens (primary N) is 1. The molecular weight excluding hydrogens is 206 g/mol. The van der Waals surface area contributed by atoms with Gasteiger partial charge in [0.05, 0.1) is 23.8 Å². The van der Waals surface area contributed by atoms with Gasteiger partial charge in [-0.1, -0.05) is 5.16 Å². The molecule has 0 unspecified atom stereocenters. The van der Waals surface area contributed by atoms with Gasteiger partial charge in [-0.15, -0.1) is 0 Å². The monoisotopic (exact) mass is 219 g/mol. The molecule has 0 aliphatic rings. The highest BCUT2D eigenvalue weighted by atomic mass is 16.5. The zero-order chi connectivity index (χ0) is 11.5.